The highest BCUT2D eigenvalue weighted by atomic mass is 127. The first kappa shape index (κ1) is 23.8. The van der Waals surface area contributed by atoms with E-state index in [1.54, 1.807) is 12.1 Å². The fraction of sp³-hybridized carbons (Fsp3) is 0.400. The quantitative estimate of drug-likeness (QED) is 0.280. The zero-order chi connectivity index (χ0) is 19.6. The van der Waals surface area contributed by atoms with Crippen LogP contribution in [0.3, 0.4) is 0 Å². The molecule has 0 radical (unpaired) electrons. The lowest BCUT2D eigenvalue weighted by molar-refractivity contribution is 0.0972. The minimum Gasteiger partial charge on any atom is -0.454 e. The van der Waals surface area contributed by atoms with Crippen LogP contribution in [0.4, 0.5) is 5.69 Å². The number of anilines is 1. The number of amides is 1. The summed E-state index contributed by atoms with van der Waals surface area (Å²) in [7, 11) is 0. The van der Waals surface area contributed by atoms with E-state index in [1.807, 2.05) is 6.92 Å². The van der Waals surface area contributed by atoms with Gasteiger partial charge in [0.15, 0.2) is 11.7 Å². The van der Waals surface area contributed by atoms with Crippen molar-refractivity contribution in [2.24, 2.45) is 10.7 Å². The number of benzene rings is 1. The fourth-order valence-corrected chi connectivity index (χ4v) is 2.70. The predicted octanol–water partition coefficient (Wildman–Crippen LogP) is 2.89. The molecule has 1 aromatic carbocycles. The Bertz CT molecular complexity index is 775. The second kappa shape index (κ2) is 12.3. The topological polar surface area (TPSA) is 95.9 Å². The van der Waals surface area contributed by atoms with Crippen molar-refractivity contribution in [3.8, 4) is 0 Å². The number of carbonyl (C=O) groups is 1. The van der Waals surface area contributed by atoms with Crippen LogP contribution < -0.4 is 21.3 Å². The Morgan fingerprint density at radius 1 is 1.21 bits per heavy atom. The first-order valence-electron chi connectivity index (χ1n) is 9.25. The summed E-state index contributed by atoms with van der Waals surface area (Å²) in [6.45, 7) is 9.89. The van der Waals surface area contributed by atoms with Crippen molar-refractivity contribution in [2.75, 3.05) is 31.1 Å². The zero-order valence-corrected chi connectivity index (χ0v) is 19.0. The molecule has 28 heavy (non-hydrogen) atoms. The van der Waals surface area contributed by atoms with Crippen LogP contribution in [0.5, 0.6) is 0 Å². The van der Waals surface area contributed by atoms with Gasteiger partial charge in [-0.15, -0.1) is 24.0 Å². The molecule has 0 fully saturated rings. The Morgan fingerprint density at radius 3 is 2.61 bits per heavy atom. The van der Waals surface area contributed by atoms with Gasteiger partial charge in [-0.2, -0.15) is 0 Å². The molecule has 154 valence electrons. The number of likely N-dealkylation sites (N-methyl/N-ethyl adjacent to an activating group) is 1. The average molecular weight is 499 g/mol. The number of nitrogens with zero attached hydrogens (tertiary/aromatic N) is 2. The Kier molecular flexibility index (Phi) is 10.4. The molecular formula is C20H30IN5O2. The number of nitrogens with one attached hydrogen (secondary N) is 2. The normalized spacial score (nSPS) is 10.9. The first-order chi connectivity index (χ1) is 13.0. The summed E-state index contributed by atoms with van der Waals surface area (Å²) < 4.78 is 5.36. The molecule has 2 rings (SSSR count). The van der Waals surface area contributed by atoms with E-state index in [2.05, 4.69) is 58.6 Å². The van der Waals surface area contributed by atoms with Gasteiger partial charge in [-0.25, -0.2) is 4.99 Å². The Morgan fingerprint density at radius 2 is 2.00 bits per heavy atom. The van der Waals surface area contributed by atoms with Gasteiger partial charge in [-0.3, -0.25) is 4.79 Å². The molecule has 0 saturated heterocycles. The minimum atomic E-state index is -0.578. The summed E-state index contributed by atoms with van der Waals surface area (Å²) >= 11 is 0. The van der Waals surface area contributed by atoms with Gasteiger partial charge < -0.3 is 25.7 Å². The first-order valence-corrected chi connectivity index (χ1v) is 9.25. The summed E-state index contributed by atoms with van der Waals surface area (Å²) in [5.41, 5.74) is 7.67. The van der Waals surface area contributed by atoms with E-state index in [0.717, 1.165) is 26.2 Å². The van der Waals surface area contributed by atoms with Crippen molar-refractivity contribution in [1.82, 2.24) is 10.6 Å². The lowest BCUT2D eigenvalue weighted by Gasteiger charge is -2.24. The van der Waals surface area contributed by atoms with Crippen molar-refractivity contribution in [2.45, 2.75) is 27.3 Å². The summed E-state index contributed by atoms with van der Waals surface area (Å²) in [6.07, 6.45) is 0. The molecule has 4 N–H and O–H groups in total. The van der Waals surface area contributed by atoms with Crippen molar-refractivity contribution in [3.63, 3.8) is 0 Å². The largest absolute Gasteiger partial charge is 0.454 e. The molecule has 0 atom stereocenters. The van der Waals surface area contributed by atoms with E-state index in [9.17, 15) is 4.79 Å². The van der Waals surface area contributed by atoms with E-state index in [4.69, 9.17) is 10.2 Å². The number of aliphatic imine (C=N–C) groups is 1. The molecule has 0 bridgehead atoms. The second-order valence-electron chi connectivity index (χ2n) is 6.17. The van der Waals surface area contributed by atoms with E-state index >= 15 is 0 Å². The average Bonchev–Trinajstić information content (AvgIpc) is 3.12. The Hall–Kier alpha value is -2.23. The Labute approximate surface area is 183 Å². The molecule has 0 saturated carbocycles. The minimum absolute atomic E-state index is 0. The highest BCUT2D eigenvalue weighted by Crippen LogP contribution is 2.15. The molecular weight excluding hydrogens is 469 g/mol. The van der Waals surface area contributed by atoms with Crippen LogP contribution in [0.2, 0.25) is 0 Å². The van der Waals surface area contributed by atoms with Gasteiger partial charge in [0.2, 0.25) is 0 Å². The van der Waals surface area contributed by atoms with Crippen LogP contribution in [-0.4, -0.2) is 38.0 Å². The number of guanidine groups is 1. The SMILES string of the molecule is CCNC(=NCc1ccc(C(N)=O)o1)NCCN(CC)c1cccc(C)c1.I. The smallest absolute Gasteiger partial charge is 0.284 e. The highest BCUT2D eigenvalue weighted by Gasteiger charge is 2.08. The lowest BCUT2D eigenvalue weighted by Crippen LogP contribution is -2.41. The molecule has 0 unspecified atom stereocenters. The fourth-order valence-electron chi connectivity index (χ4n) is 2.70. The maximum Gasteiger partial charge on any atom is 0.284 e. The molecule has 1 aromatic heterocycles. The van der Waals surface area contributed by atoms with Crippen LogP contribution in [-0.2, 0) is 6.54 Å². The van der Waals surface area contributed by atoms with E-state index in [-0.39, 0.29) is 29.7 Å². The molecule has 1 amide bonds. The summed E-state index contributed by atoms with van der Waals surface area (Å²) in [5, 5.41) is 6.54. The molecule has 7 nitrogen and oxygen atoms in total. The van der Waals surface area contributed by atoms with Crippen molar-refractivity contribution >= 4 is 41.5 Å². The third-order valence-electron chi connectivity index (χ3n) is 4.06. The predicted molar refractivity (Wildman–Crippen MR) is 125 cm³/mol. The van der Waals surface area contributed by atoms with Crippen molar-refractivity contribution in [3.05, 3.63) is 53.5 Å². The third kappa shape index (κ3) is 7.41. The molecule has 0 aliphatic heterocycles. The summed E-state index contributed by atoms with van der Waals surface area (Å²) in [5.74, 6) is 0.867. The van der Waals surface area contributed by atoms with Crippen LogP contribution in [0.25, 0.3) is 0 Å². The number of halogens is 1. The number of carbonyl (C=O) groups excluding carboxylic acids is 1. The summed E-state index contributed by atoms with van der Waals surface area (Å²) in [4.78, 5) is 17.9. The van der Waals surface area contributed by atoms with Crippen LogP contribution in [0.15, 0.2) is 45.8 Å². The number of aryl methyl sites for hydroxylation is 1. The standard InChI is InChI=1S/C20H29N5O2.HI/c1-4-22-20(24-14-17-9-10-18(27-17)19(21)26)23-11-12-25(5-2)16-8-6-7-15(3)13-16;/h6-10,13H,4-5,11-12,14H2,1-3H3,(H2,21,26)(H2,22,23,24);1H. The van der Waals surface area contributed by atoms with Gasteiger partial charge in [0.1, 0.15) is 12.3 Å². The van der Waals surface area contributed by atoms with Gasteiger partial charge in [-0.1, -0.05) is 12.1 Å². The molecule has 8 heteroatoms. The van der Waals surface area contributed by atoms with Gasteiger partial charge in [0.05, 0.1) is 0 Å². The van der Waals surface area contributed by atoms with Crippen LogP contribution in [0, 0.1) is 6.92 Å². The second-order valence-corrected chi connectivity index (χ2v) is 6.17. The van der Waals surface area contributed by atoms with E-state index in [1.165, 1.54) is 11.3 Å². The van der Waals surface area contributed by atoms with Gasteiger partial charge in [0.25, 0.3) is 5.91 Å². The van der Waals surface area contributed by atoms with E-state index < -0.39 is 5.91 Å². The number of nitrogens with two attached hydrogens (primary N) is 1. The van der Waals surface area contributed by atoms with Gasteiger partial charge in [0, 0.05) is 31.9 Å². The highest BCUT2D eigenvalue weighted by molar-refractivity contribution is 14.0. The van der Waals surface area contributed by atoms with E-state index in [0.29, 0.717) is 18.3 Å². The maximum atomic E-state index is 11.1. The lowest BCUT2D eigenvalue weighted by atomic mass is 10.2. The zero-order valence-electron chi connectivity index (χ0n) is 16.7. The monoisotopic (exact) mass is 499 g/mol. The third-order valence-corrected chi connectivity index (χ3v) is 4.06. The van der Waals surface area contributed by atoms with Crippen molar-refractivity contribution in [1.29, 1.82) is 0 Å². The Balaban J connectivity index is 0.00000392. The molecule has 1 heterocycles. The molecule has 0 aliphatic carbocycles. The number of primary amides is 1. The van der Waals surface area contributed by atoms with Crippen LogP contribution >= 0.6 is 24.0 Å². The summed E-state index contributed by atoms with van der Waals surface area (Å²) in [6, 6.07) is 11.8. The van der Waals surface area contributed by atoms with Gasteiger partial charge in [-0.05, 0) is 50.6 Å². The number of rotatable bonds is 9. The molecule has 0 aliphatic rings. The number of hydrogen-bond acceptors (Lipinski definition) is 4. The molecule has 0 spiro atoms. The van der Waals surface area contributed by atoms with Crippen molar-refractivity contribution < 1.29 is 9.21 Å². The van der Waals surface area contributed by atoms with Crippen LogP contribution in [0.1, 0.15) is 35.7 Å². The molecule has 2 aromatic rings. The number of hydrogen-bond donors (Lipinski definition) is 3. The van der Waals surface area contributed by atoms with Gasteiger partial charge >= 0.3 is 0 Å². The maximum absolute atomic E-state index is 11.1. The number of furan rings is 1.